The Balaban J connectivity index is 1.74. The van der Waals surface area contributed by atoms with Gasteiger partial charge in [0, 0.05) is 36.5 Å². The number of imidazole rings is 1. The highest BCUT2D eigenvalue weighted by atomic mass is 16.4. The number of carbonyl (C=O) groups excluding carboxylic acids is 1. The number of fused-ring (bicyclic) bond motifs is 1. The molecule has 0 spiro atoms. The van der Waals surface area contributed by atoms with Crippen LogP contribution in [0.2, 0.25) is 0 Å². The molecule has 3 aromatic rings. The predicted molar refractivity (Wildman–Crippen MR) is 89.8 cm³/mol. The standard InChI is InChI=1S/C18H17N3O3/c22-17(23)7-4-9-19-18(24)14-8-10-21-12-15(20-16(21)11-14)13-5-2-1-3-6-13/h1-3,5-6,8,10-12H,4,7,9H2,(H,19,24)(H,22,23). The molecule has 0 bridgehead atoms. The van der Waals surface area contributed by atoms with E-state index in [0.717, 1.165) is 11.3 Å². The number of nitrogens with zero attached hydrogens (tertiary/aromatic N) is 2. The molecule has 0 aliphatic rings. The van der Waals surface area contributed by atoms with Gasteiger partial charge in [0.25, 0.3) is 5.91 Å². The van der Waals surface area contributed by atoms with Crippen LogP contribution in [0.25, 0.3) is 16.9 Å². The van der Waals surface area contributed by atoms with Crippen molar-refractivity contribution in [3.8, 4) is 11.3 Å². The van der Waals surface area contributed by atoms with Crippen molar-refractivity contribution in [3.63, 3.8) is 0 Å². The number of hydrogen-bond acceptors (Lipinski definition) is 3. The molecular weight excluding hydrogens is 306 g/mol. The van der Waals surface area contributed by atoms with Gasteiger partial charge in [-0.25, -0.2) is 4.98 Å². The van der Waals surface area contributed by atoms with Crippen molar-refractivity contribution in [1.82, 2.24) is 14.7 Å². The molecule has 0 radical (unpaired) electrons. The summed E-state index contributed by atoms with van der Waals surface area (Å²) < 4.78 is 1.86. The Hall–Kier alpha value is -3.15. The highest BCUT2D eigenvalue weighted by Crippen LogP contribution is 2.19. The van der Waals surface area contributed by atoms with Crippen molar-refractivity contribution in [2.24, 2.45) is 0 Å². The van der Waals surface area contributed by atoms with Crippen LogP contribution in [0.1, 0.15) is 23.2 Å². The van der Waals surface area contributed by atoms with E-state index in [2.05, 4.69) is 10.3 Å². The van der Waals surface area contributed by atoms with Crippen molar-refractivity contribution in [2.75, 3.05) is 6.54 Å². The van der Waals surface area contributed by atoms with Crippen molar-refractivity contribution in [2.45, 2.75) is 12.8 Å². The number of carbonyl (C=O) groups is 2. The van der Waals surface area contributed by atoms with Gasteiger partial charge in [0.2, 0.25) is 0 Å². The third kappa shape index (κ3) is 3.60. The summed E-state index contributed by atoms with van der Waals surface area (Å²) in [6.45, 7) is 0.333. The van der Waals surface area contributed by atoms with Gasteiger partial charge >= 0.3 is 5.97 Å². The van der Waals surface area contributed by atoms with Crippen molar-refractivity contribution >= 4 is 17.5 Å². The Morgan fingerprint density at radius 3 is 2.71 bits per heavy atom. The second kappa shape index (κ2) is 6.95. The van der Waals surface area contributed by atoms with Crippen LogP contribution in [-0.2, 0) is 4.79 Å². The molecule has 24 heavy (non-hydrogen) atoms. The van der Waals surface area contributed by atoms with Gasteiger partial charge in [0.1, 0.15) is 5.65 Å². The van der Waals surface area contributed by atoms with Crippen molar-refractivity contribution in [1.29, 1.82) is 0 Å². The van der Waals surface area contributed by atoms with Crippen LogP contribution in [0.5, 0.6) is 0 Å². The largest absolute Gasteiger partial charge is 0.481 e. The third-order valence-electron chi connectivity index (χ3n) is 3.64. The molecule has 0 saturated carbocycles. The molecule has 2 N–H and O–H groups in total. The van der Waals surface area contributed by atoms with E-state index in [1.54, 1.807) is 18.3 Å². The molecule has 0 atom stereocenters. The number of pyridine rings is 1. The van der Waals surface area contributed by atoms with Gasteiger partial charge in [0.05, 0.1) is 5.69 Å². The maximum absolute atomic E-state index is 12.1. The molecule has 0 fully saturated rings. The van der Waals surface area contributed by atoms with Crippen LogP contribution in [0, 0.1) is 0 Å². The zero-order valence-corrected chi connectivity index (χ0v) is 13.0. The van der Waals surface area contributed by atoms with E-state index in [4.69, 9.17) is 5.11 Å². The first kappa shape index (κ1) is 15.7. The summed E-state index contributed by atoms with van der Waals surface area (Å²) >= 11 is 0. The second-order valence-electron chi connectivity index (χ2n) is 5.43. The summed E-state index contributed by atoms with van der Waals surface area (Å²) in [6, 6.07) is 13.3. The molecule has 122 valence electrons. The fraction of sp³-hybridized carbons (Fsp3) is 0.167. The molecule has 0 aliphatic heterocycles. The number of benzene rings is 1. The molecule has 0 unspecified atom stereocenters. The van der Waals surface area contributed by atoms with Gasteiger partial charge in [-0.3, -0.25) is 9.59 Å². The SMILES string of the molecule is O=C(O)CCCNC(=O)c1ccn2cc(-c3ccccc3)nc2c1. The van der Waals surface area contributed by atoms with E-state index < -0.39 is 5.97 Å². The van der Waals surface area contributed by atoms with Crippen LogP contribution in [0.4, 0.5) is 0 Å². The number of aliphatic carboxylic acids is 1. The normalized spacial score (nSPS) is 10.7. The second-order valence-corrected chi connectivity index (χ2v) is 5.43. The quantitative estimate of drug-likeness (QED) is 0.683. The third-order valence-corrected chi connectivity index (χ3v) is 3.64. The van der Waals surface area contributed by atoms with Crippen LogP contribution >= 0.6 is 0 Å². The fourth-order valence-electron chi connectivity index (χ4n) is 2.41. The average molecular weight is 323 g/mol. The van der Waals surface area contributed by atoms with Gasteiger partial charge in [-0.1, -0.05) is 30.3 Å². The summed E-state index contributed by atoms with van der Waals surface area (Å²) in [6.07, 6.45) is 4.16. The van der Waals surface area contributed by atoms with E-state index in [1.165, 1.54) is 0 Å². The van der Waals surface area contributed by atoms with Gasteiger partial charge in [-0.15, -0.1) is 0 Å². The van der Waals surface area contributed by atoms with E-state index in [9.17, 15) is 9.59 Å². The van der Waals surface area contributed by atoms with Gasteiger partial charge < -0.3 is 14.8 Å². The highest BCUT2D eigenvalue weighted by molar-refractivity contribution is 5.95. The average Bonchev–Trinajstić information content (AvgIpc) is 3.02. The Morgan fingerprint density at radius 1 is 1.17 bits per heavy atom. The zero-order valence-electron chi connectivity index (χ0n) is 13.0. The van der Waals surface area contributed by atoms with Crippen LogP contribution in [0.3, 0.4) is 0 Å². The van der Waals surface area contributed by atoms with Crippen LogP contribution < -0.4 is 5.32 Å². The molecule has 2 heterocycles. The minimum atomic E-state index is -0.864. The summed E-state index contributed by atoms with van der Waals surface area (Å²) in [5, 5.41) is 11.3. The molecular formula is C18H17N3O3. The fourth-order valence-corrected chi connectivity index (χ4v) is 2.41. The maximum Gasteiger partial charge on any atom is 0.303 e. The summed E-state index contributed by atoms with van der Waals surface area (Å²) in [5.74, 6) is -1.09. The first-order chi connectivity index (χ1) is 11.6. The van der Waals surface area contributed by atoms with E-state index >= 15 is 0 Å². The first-order valence-electron chi connectivity index (χ1n) is 7.67. The summed E-state index contributed by atoms with van der Waals surface area (Å²) in [4.78, 5) is 27.1. The Bertz CT molecular complexity index is 872. The first-order valence-corrected chi connectivity index (χ1v) is 7.67. The van der Waals surface area contributed by atoms with Crippen molar-refractivity contribution in [3.05, 3.63) is 60.4 Å². The number of carboxylic acid groups (broad SMARTS) is 1. The predicted octanol–water partition coefficient (Wildman–Crippen LogP) is 2.60. The molecule has 6 nitrogen and oxygen atoms in total. The van der Waals surface area contributed by atoms with Crippen molar-refractivity contribution < 1.29 is 14.7 Å². The minimum Gasteiger partial charge on any atom is -0.481 e. The lowest BCUT2D eigenvalue weighted by molar-refractivity contribution is -0.137. The Kier molecular flexibility index (Phi) is 4.56. The van der Waals surface area contributed by atoms with E-state index in [1.807, 2.05) is 40.9 Å². The Morgan fingerprint density at radius 2 is 1.96 bits per heavy atom. The summed E-state index contributed by atoms with van der Waals surface area (Å²) in [5.41, 5.74) is 3.05. The Labute approximate surface area is 138 Å². The van der Waals surface area contributed by atoms with Crippen LogP contribution in [0.15, 0.2) is 54.9 Å². The number of hydrogen-bond donors (Lipinski definition) is 2. The lowest BCUT2D eigenvalue weighted by Crippen LogP contribution is -2.24. The van der Waals surface area contributed by atoms with E-state index in [0.29, 0.717) is 24.2 Å². The van der Waals surface area contributed by atoms with Crippen LogP contribution in [-0.4, -0.2) is 32.9 Å². The maximum atomic E-state index is 12.1. The lowest BCUT2D eigenvalue weighted by Gasteiger charge is -2.04. The molecule has 3 rings (SSSR count). The molecule has 6 heteroatoms. The monoisotopic (exact) mass is 323 g/mol. The van der Waals surface area contributed by atoms with Gasteiger partial charge in [0.15, 0.2) is 0 Å². The zero-order chi connectivity index (χ0) is 16.9. The molecule has 0 saturated heterocycles. The smallest absolute Gasteiger partial charge is 0.303 e. The van der Waals surface area contributed by atoms with E-state index in [-0.39, 0.29) is 12.3 Å². The highest BCUT2D eigenvalue weighted by Gasteiger charge is 2.09. The molecule has 0 aliphatic carbocycles. The topological polar surface area (TPSA) is 83.7 Å². The summed E-state index contributed by atoms with van der Waals surface area (Å²) in [7, 11) is 0. The number of nitrogens with one attached hydrogen (secondary N) is 1. The molecule has 2 aromatic heterocycles. The number of aromatic nitrogens is 2. The van der Waals surface area contributed by atoms with Gasteiger partial charge in [-0.2, -0.15) is 0 Å². The lowest BCUT2D eigenvalue weighted by atomic mass is 10.2. The van der Waals surface area contributed by atoms with Gasteiger partial charge in [-0.05, 0) is 18.6 Å². The molecule has 1 aromatic carbocycles. The molecule has 1 amide bonds. The number of carboxylic acids is 1. The minimum absolute atomic E-state index is 0.0417. The number of amides is 1. The number of rotatable bonds is 6.